The number of hydrogen-bond donors (Lipinski definition) is 0. The van der Waals surface area contributed by atoms with Crippen molar-refractivity contribution in [2.75, 3.05) is 40.0 Å². The lowest BCUT2D eigenvalue weighted by molar-refractivity contribution is -0.127. The van der Waals surface area contributed by atoms with Crippen LogP contribution in [-0.4, -0.2) is 67.6 Å². The number of benzene rings is 1. The molecule has 2 heterocycles. The van der Waals surface area contributed by atoms with Gasteiger partial charge >= 0.3 is 0 Å². The van der Waals surface area contributed by atoms with Gasteiger partial charge in [-0.25, -0.2) is 0 Å². The van der Waals surface area contributed by atoms with Crippen LogP contribution in [0.3, 0.4) is 0 Å². The summed E-state index contributed by atoms with van der Waals surface area (Å²) < 4.78 is 11.0. The first-order chi connectivity index (χ1) is 12.1. The van der Waals surface area contributed by atoms with Crippen LogP contribution in [0.4, 0.5) is 0 Å². The molecule has 0 radical (unpaired) electrons. The second-order valence-corrected chi connectivity index (χ2v) is 6.62. The van der Waals surface area contributed by atoms with E-state index >= 15 is 0 Å². The Morgan fingerprint density at radius 1 is 1.28 bits per heavy atom. The average Bonchev–Trinajstić information content (AvgIpc) is 2.92. The fourth-order valence-electron chi connectivity index (χ4n) is 3.76. The van der Waals surface area contributed by atoms with Crippen LogP contribution in [0, 0.1) is 5.92 Å². The highest BCUT2D eigenvalue weighted by molar-refractivity contribution is 5.97. The third-order valence-corrected chi connectivity index (χ3v) is 5.12. The fraction of sp³-hybridized carbons (Fsp3) is 0.579. The lowest BCUT2D eigenvalue weighted by atomic mass is 9.92. The lowest BCUT2D eigenvalue weighted by Crippen LogP contribution is -2.47. The quantitative estimate of drug-likeness (QED) is 0.737. The van der Waals surface area contributed by atoms with Crippen molar-refractivity contribution >= 4 is 11.8 Å². The van der Waals surface area contributed by atoms with Gasteiger partial charge in [-0.15, -0.1) is 0 Å². The second kappa shape index (κ2) is 7.87. The Balaban J connectivity index is 1.66. The number of fused-ring (bicyclic) bond motifs is 1. The first kappa shape index (κ1) is 17.7. The van der Waals surface area contributed by atoms with E-state index in [1.165, 1.54) is 0 Å². The van der Waals surface area contributed by atoms with Crippen molar-refractivity contribution in [2.45, 2.75) is 25.8 Å². The number of carbonyl (C=O) groups is 2. The number of ether oxygens (including phenoxy) is 2. The molecule has 0 unspecified atom stereocenters. The molecule has 25 heavy (non-hydrogen) atoms. The standard InChI is InChI=1S/C19H26N2O4/c1-3-24-10-11-25-17-7-5-4-6-15(17)19(23)21-9-8-16-14(13-21)12-18(22)20(16)2/h4-7,14,16H,3,8-13H2,1-2H3/t14-,16+/m1/s1. The van der Waals surface area contributed by atoms with E-state index < -0.39 is 0 Å². The van der Waals surface area contributed by atoms with Gasteiger partial charge in [0.05, 0.1) is 12.2 Å². The summed E-state index contributed by atoms with van der Waals surface area (Å²) in [6.07, 6.45) is 1.38. The highest BCUT2D eigenvalue weighted by Crippen LogP contribution is 2.32. The van der Waals surface area contributed by atoms with Gasteiger partial charge in [-0.1, -0.05) is 12.1 Å². The first-order valence-corrected chi connectivity index (χ1v) is 8.96. The maximum atomic E-state index is 13.0. The fourth-order valence-corrected chi connectivity index (χ4v) is 3.76. The van der Waals surface area contributed by atoms with Gasteiger partial charge in [-0.05, 0) is 25.5 Å². The number of nitrogens with zero attached hydrogens (tertiary/aromatic N) is 2. The van der Waals surface area contributed by atoms with Gasteiger partial charge in [-0.2, -0.15) is 0 Å². The molecular formula is C19H26N2O4. The molecule has 0 aliphatic carbocycles. The van der Waals surface area contributed by atoms with Crippen LogP contribution < -0.4 is 4.74 Å². The van der Waals surface area contributed by atoms with E-state index in [9.17, 15) is 9.59 Å². The molecule has 2 aliphatic heterocycles. The normalized spacial score (nSPS) is 22.9. The molecular weight excluding hydrogens is 320 g/mol. The molecule has 0 bridgehead atoms. The molecule has 0 aromatic heterocycles. The van der Waals surface area contributed by atoms with Crippen LogP contribution >= 0.6 is 0 Å². The summed E-state index contributed by atoms with van der Waals surface area (Å²) in [7, 11) is 1.87. The molecule has 136 valence electrons. The molecule has 3 rings (SSSR count). The summed E-state index contributed by atoms with van der Waals surface area (Å²) in [4.78, 5) is 28.6. The van der Waals surface area contributed by atoms with Crippen LogP contribution in [0.25, 0.3) is 0 Å². The van der Waals surface area contributed by atoms with Crippen LogP contribution in [0.1, 0.15) is 30.1 Å². The number of likely N-dealkylation sites (tertiary alicyclic amines) is 2. The highest BCUT2D eigenvalue weighted by Gasteiger charge is 2.42. The average molecular weight is 346 g/mol. The predicted molar refractivity (Wildman–Crippen MR) is 93.6 cm³/mol. The maximum absolute atomic E-state index is 13.0. The Kier molecular flexibility index (Phi) is 5.58. The van der Waals surface area contributed by atoms with Gasteiger partial charge in [0.1, 0.15) is 12.4 Å². The van der Waals surface area contributed by atoms with Gasteiger partial charge in [0, 0.05) is 45.1 Å². The van der Waals surface area contributed by atoms with E-state index in [0.717, 1.165) is 6.42 Å². The van der Waals surface area contributed by atoms with E-state index in [1.807, 2.05) is 42.0 Å². The predicted octanol–water partition coefficient (Wildman–Crippen LogP) is 1.79. The van der Waals surface area contributed by atoms with Crippen molar-refractivity contribution < 1.29 is 19.1 Å². The number of piperidine rings is 1. The largest absolute Gasteiger partial charge is 0.490 e. The Morgan fingerprint density at radius 3 is 2.88 bits per heavy atom. The molecule has 1 aromatic rings. The number of amides is 2. The second-order valence-electron chi connectivity index (χ2n) is 6.62. The van der Waals surface area contributed by atoms with E-state index in [-0.39, 0.29) is 23.8 Å². The summed E-state index contributed by atoms with van der Waals surface area (Å²) in [5.41, 5.74) is 0.579. The minimum Gasteiger partial charge on any atom is -0.490 e. The zero-order valence-electron chi connectivity index (χ0n) is 14.9. The molecule has 2 fully saturated rings. The van der Waals surface area contributed by atoms with E-state index in [2.05, 4.69) is 0 Å². The van der Waals surface area contributed by atoms with Gasteiger partial charge in [0.2, 0.25) is 5.91 Å². The SMILES string of the molecule is CCOCCOc1ccccc1C(=O)N1CC[C@H]2[C@H](CC(=O)N2C)C1. The minimum absolute atomic E-state index is 0.0209. The van der Waals surface area contributed by atoms with Gasteiger partial charge in [0.15, 0.2) is 0 Å². The lowest BCUT2D eigenvalue weighted by Gasteiger charge is -2.36. The summed E-state index contributed by atoms with van der Waals surface area (Å²) in [6.45, 7) is 4.81. The Labute approximate surface area is 148 Å². The topological polar surface area (TPSA) is 59.1 Å². The van der Waals surface area contributed by atoms with Gasteiger partial charge in [-0.3, -0.25) is 9.59 Å². The number of carbonyl (C=O) groups excluding carboxylic acids is 2. The van der Waals surface area contributed by atoms with E-state index in [1.54, 1.807) is 6.07 Å². The molecule has 6 nitrogen and oxygen atoms in total. The first-order valence-electron chi connectivity index (χ1n) is 8.96. The minimum atomic E-state index is -0.0209. The third-order valence-electron chi connectivity index (χ3n) is 5.12. The van der Waals surface area contributed by atoms with E-state index in [0.29, 0.717) is 50.6 Å². The molecule has 2 saturated heterocycles. The summed E-state index contributed by atoms with van der Waals surface area (Å²) in [5.74, 6) is 0.992. The summed E-state index contributed by atoms with van der Waals surface area (Å²) in [5, 5.41) is 0. The smallest absolute Gasteiger partial charge is 0.257 e. The molecule has 1 aromatic carbocycles. The molecule has 0 saturated carbocycles. The number of para-hydroxylation sites is 1. The Hall–Kier alpha value is -2.08. The van der Waals surface area contributed by atoms with Crippen LogP contribution in [0.5, 0.6) is 5.75 Å². The van der Waals surface area contributed by atoms with Gasteiger partial charge < -0.3 is 19.3 Å². The zero-order valence-corrected chi connectivity index (χ0v) is 14.9. The van der Waals surface area contributed by atoms with Crippen LogP contribution in [0.2, 0.25) is 0 Å². The maximum Gasteiger partial charge on any atom is 0.257 e. The molecule has 0 spiro atoms. The molecule has 0 N–H and O–H groups in total. The van der Waals surface area contributed by atoms with E-state index in [4.69, 9.17) is 9.47 Å². The summed E-state index contributed by atoms with van der Waals surface area (Å²) >= 11 is 0. The molecule has 2 amide bonds. The van der Waals surface area contributed by atoms with Crippen molar-refractivity contribution in [2.24, 2.45) is 5.92 Å². The summed E-state index contributed by atoms with van der Waals surface area (Å²) in [6, 6.07) is 7.61. The van der Waals surface area contributed by atoms with Crippen molar-refractivity contribution in [1.82, 2.24) is 9.80 Å². The molecule has 2 atom stereocenters. The Bertz CT molecular complexity index is 634. The van der Waals surface area contributed by atoms with Crippen molar-refractivity contribution in [3.63, 3.8) is 0 Å². The highest BCUT2D eigenvalue weighted by atomic mass is 16.5. The van der Waals surface area contributed by atoms with Crippen molar-refractivity contribution in [3.05, 3.63) is 29.8 Å². The van der Waals surface area contributed by atoms with Crippen LogP contribution in [-0.2, 0) is 9.53 Å². The van der Waals surface area contributed by atoms with Crippen molar-refractivity contribution in [1.29, 1.82) is 0 Å². The number of rotatable bonds is 6. The third kappa shape index (κ3) is 3.79. The molecule has 6 heteroatoms. The Morgan fingerprint density at radius 2 is 2.08 bits per heavy atom. The zero-order chi connectivity index (χ0) is 17.8. The number of hydrogen-bond acceptors (Lipinski definition) is 4. The monoisotopic (exact) mass is 346 g/mol. The van der Waals surface area contributed by atoms with Crippen molar-refractivity contribution in [3.8, 4) is 5.75 Å². The van der Waals surface area contributed by atoms with Gasteiger partial charge in [0.25, 0.3) is 5.91 Å². The van der Waals surface area contributed by atoms with Crippen LogP contribution in [0.15, 0.2) is 24.3 Å². The molecule has 2 aliphatic rings.